The van der Waals surface area contributed by atoms with Gasteiger partial charge >= 0.3 is 5.97 Å². The Morgan fingerprint density at radius 3 is 2.83 bits per heavy atom. The molecule has 2 rings (SSSR count). The first-order valence-corrected chi connectivity index (χ1v) is 8.35. The average molecular weight is 336 g/mol. The highest BCUT2D eigenvalue weighted by atomic mass is 35.5. The molecule has 0 aliphatic rings. The van der Waals surface area contributed by atoms with Gasteiger partial charge in [-0.2, -0.15) is 0 Å². The Hall–Kier alpha value is -1.81. The molecule has 1 unspecified atom stereocenters. The molecule has 0 bridgehead atoms. The van der Waals surface area contributed by atoms with Crippen molar-refractivity contribution in [1.82, 2.24) is 4.98 Å². The van der Waals surface area contributed by atoms with Crippen LogP contribution in [0.1, 0.15) is 39.5 Å². The van der Waals surface area contributed by atoms with Crippen molar-refractivity contribution in [2.24, 2.45) is 5.92 Å². The van der Waals surface area contributed by atoms with Gasteiger partial charge in [0.25, 0.3) is 0 Å². The Balaban J connectivity index is 2.24. The fourth-order valence-electron chi connectivity index (χ4n) is 2.62. The van der Waals surface area contributed by atoms with Gasteiger partial charge in [0.15, 0.2) is 6.10 Å². The Morgan fingerprint density at radius 1 is 1.35 bits per heavy atom. The van der Waals surface area contributed by atoms with Crippen molar-refractivity contribution in [3.63, 3.8) is 0 Å². The second kappa shape index (κ2) is 8.16. The summed E-state index contributed by atoms with van der Waals surface area (Å²) in [5.41, 5.74) is 0.590. The van der Waals surface area contributed by atoms with Gasteiger partial charge in [-0.3, -0.25) is 4.98 Å². The molecule has 0 saturated heterocycles. The molecule has 1 aromatic heterocycles. The van der Waals surface area contributed by atoms with Crippen molar-refractivity contribution >= 4 is 28.5 Å². The largest absolute Gasteiger partial charge is 0.478 e. The van der Waals surface area contributed by atoms with E-state index in [-0.39, 0.29) is 5.92 Å². The summed E-state index contributed by atoms with van der Waals surface area (Å²) < 4.78 is 5.82. The number of unbranched alkanes of at least 4 members (excludes halogenated alkanes) is 2. The van der Waals surface area contributed by atoms with E-state index in [0.29, 0.717) is 16.3 Å². The van der Waals surface area contributed by atoms with Gasteiger partial charge in [0.2, 0.25) is 0 Å². The van der Waals surface area contributed by atoms with E-state index in [2.05, 4.69) is 11.9 Å². The van der Waals surface area contributed by atoms with Gasteiger partial charge in [-0.25, -0.2) is 4.79 Å². The molecule has 0 aliphatic carbocycles. The standard InChI is InChI=1S/C18H22ClNO3/c1-3-4-5-7-12(2)17(18(21)22)23-15-10-9-14(19)13-8-6-11-20-16(13)15/h6,8-12,17H,3-5,7H2,1-2H3,(H,21,22)/t12?,17-/m0/s1. The number of benzene rings is 1. The third kappa shape index (κ3) is 4.35. The van der Waals surface area contributed by atoms with Gasteiger partial charge in [-0.15, -0.1) is 0 Å². The first kappa shape index (κ1) is 17.5. The summed E-state index contributed by atoms with van der Waals surface area (Å²) in [6.45, 7) is 4.04. The van der Waals surface area contributed by atoms with Crippen LogP contribution in [0.5, 0.6) is 5.75 Å². The summed E-state index contributed by atoms with van der Waals surface area (Å²) in [5, 5.41) is 10.8. The number of nitrogens with zero attached hydrogens (tertiary/aromatic N) is 1. The Kier molecular flexibility index (Phi) is 6.22. The highest BCUT2D eigenvalue weighted by molar-refractivity contribution is 6.35. The van der Waals surface area contributed by atoms with Crippen molar-refractivity contribution < 1.29 is 14.6 Å². The van der Waals surface area contributed by atoms with Gasteiger partial charge in [-0.05, 0) is 30.7 Å². The number of hydrogen-bond acceptors (Lipinski definition) is 3. The molecule has 1 N–H and O–H groups in total. The lowest BCUT2D eigenvalue weighted by Crippen LogP contribution is -2.33. The van der Waals surface area contributed by atoms with Crippen LogP contribution in [0.3, 0.4) is 0 Å². The number of aromatic nitrogens is 1. The second-order valence-electron chi connectivity index (χ2n) is 5.79. The van der Waals surface area contributed by atoms with Crippen LogP contribution in [-0.2, 0) is 4.79 Å². The molecule has 5 heteroatoms. The van der Waals surface area contributed by atoms with Crippen LogP contribution < -0.4 is 4.74 Å². The van der Waals surface area contributed by atoms with Gasteiger partial charge in [0.05, 0.1) is 5.02 Å². The molecule has 2 aromatic rings. The van der Waals surface area contributed by atoms with Crippen LogP contribution in [0, 0.1) is 5.92 Å². The van der Waals surface area contributed by atoms with Crippen molar-refractivity contribution in [3.05, 3.63) is 35.5 Å². The van der Waals surface area contributed by atoms with Gasteiger partial charge < -0.3 is 9.84 Å². The molecule has 0 spiro atoms. The van der Waals surface area contributed by atoms with Gasteiger partial charge in [0.1, 0.15) is 11.3 Å². The maximum absolute atomic E-state index is 11.6. The summed E-state index contributed by atoms with van der Waals surface area (Å²) in [6.07, 6.45) is 4.79. The predicted molar refractivity (Wildman–Crippen MR) is 92.1 cm³/mol. The van der Waals surface area contributed by atoms with Crippen molar-refractivity contribution in [2.75, 3.05) is 0 Å². The molecule has 0 aliphatic heterocycles. The number of carboxylic acids is 1. The Bertz CT molecular complexity index is 674. The number of carbonyl (C=O) groups is 1. The van der Waals surface area contributed by atoms with E-state index in [0.717, 1.165) is 31.1 Å². The molecule has 23 heavy (non-hydrogen) atoms. The van der Waals surface area contributed by atoms with Crippen LogP contribution in [0.25, 0.3) is 10.9 Å². The zero-order chi connectivity index (χ0) is 16.8. The highest BCUT2D eigenvalue weighted by Gasteiger charge is 2.27. The molecule has 1 heterocycles. The van der Waals surface area contributed by atoms with E-state index in [4.69, 9.17) is 16.3 Å². The van der Waals surface area contributed by atoms with E-state index in [1.807, 2.05) is 13.0 Å². The van der Waals surface area contributed by atoms with Crippen molar-refractivity contribution in [3.8, 4) is 5.75 Å². The minimum Gasteiger partial charge on any atom is -0.478 e. The van der Waals surface area contributed by atoms with Crippen LogP contribution in [-0.4, -0.2) is 22.2 Å². The lowest BCUT2D eigenvalue weighted by Gasteiger charge is -2.22. The number of aliphatic carboxylic acids is 1. The number of hydrogen-bond donors (Lipinski definition) is 1. The SMILES string of the molecule is CCCCCC(C)[C@H](Oc1ccc(Cl)c2cccnc12)C(=O)O. The molecule has 2 atom stereocenters. The van der Waals surface area contributed by atoms with Crippen LogP contribution >= 0.6 is 11.6 Å². The monoisotopic (exact) mass is 335 g/mol. The van der Waals surface area contributed by atoms with Crippen LogP contribution in [0.4, 0.5) is 0 Å². The molecule has 0 saturated carbocycles. The van der Waals surface area contributed by atoms with Gasteiger partial charge in [-0.1, -0.05) is 44.7 Å². The smallest absolute Gasteiger partial charge is 0.345 e. The zero-order valence-corrected chi connectivity index (χ0v) is 14.2. The van der Waals surface area contributed by atoms with Gasteiger partial charge in [0, 0.05) is 17.5 Å². The number of halogens is 1. The minimum absolute atomic E-state index is 0.0755. The molecule has 0 amide bonds. The molecule has 124 valence electrons. The average Bonchev–Trinajstić information content (AvgIpc) is 2.54. The summed E-state index contributed by atoms with van der Waals surface area (Å²) >= 11 is 6.16. The van der Waals surface area contributed by atoms with E-state index >= 15 is 0 Å². The second-order valence-corrected chi connectivity index (χ2v) is 6.20. The molecular weight excluding hydrogens is 314 g/mol. The maximum Gasteiger partial charge on any atom is 0.345 e. The first-order chi connectivity index (χ1) is 11.0. The number of carboxylic acid groups (broad SMARTS) is 1. The molecule has 0 radical (unpaired) electrons. The number of ether oxygens (including phenoxy) is 1. The Labute approximate surface area is 141 Å². The summed E-state index contributed by atoms with van der Waals surface area (Å²) in [7, 11) is 0. The maximum atomic E-state index is 11.6. The molecule has 0 fully saturated rings. The number of rotatable bonds is 8. The topological polar surface area (TPSA) is 59.4 Å². The fourth-order valence-corrected chi connectivity index (χ4v) is 2.84. The van der Waals surface area contributed by atoms with Crippen LogP contribution in [0.15, 0.2) is 30.5 Å². The van der Waals surface area contributed by atoms with Crippen LogP contribution in [0.2, 0.25) is 5.02 Å². The van der Waals surface area contributed by atoms with E-state index in [1.54, 1.807) is 24.4 Å². The zero-order valence-electron chi connectivity index (χ0n) is 13.5. The lowest BCUT2D eigenvalue weighted by atomic mass is 9.97. The van der Waals surface area contributed by atoms with Crippen molar-refractivity contribution in [1.29, 1.82) is 0 Å². The lowest BCUT2D eigenvalue weighted by molar-refractivity contribution is -0.147. The highest BCUT2D eigenvalue weighted by Crippen LogP contribution is 2.31. The molecular formula is C18H22ClNO3. The number of pyridine rings is 1. The predicted octanol–water partition coefficient (Wildman–Crippen LogP) is 4.94. The van der Waals surface area contributed by atoms with E-state index in [1.165, 1.54) is 0 Å². The first-order valence-electron chi connectivity index (χ1n) is 7.97. The third-order valence-corrected chi connectivity index (χ3v) is 4.29. The molecule has 1 aromatic carbocycles. The summed E-state index contributed by atoms with van der Waals surface area (Å²) in [5.74, 6) is -0.568. The van der Waals surface area contributed by atoms with E-state index in [9.17, 15) is 9.90 Å². The summed E-state index contributed by atoms with van der Waals surface area (Å²) in [4.78, 5) is 15.9. The normalized spacial score (nSPS) is 13.7. The van der Waals surface area contributed by atoms with E-state index < -0.39 is 12.1 Å². The fraction of sp³-hybridized carbons (Fsp3) is 0.444. The van der Waals surface area contributed by atoms with Crippen molar-refractivity contribution in [2.45, 2.75) is 45.6 Å². The molecule has 4 nitrogen and oxygen atoms in total. The minimum atomic E-state index is -0.951. The Morgan fingerprint density at radius 2 is 2.13 bits per heavy atom. The quantitative estimate of drug-likeness (QED) is 0.694. The number of fused-ring (bicyclic) bond motifs is 1. The third-order valence-electron chi connectivity index (χ3n) is 3.96. The summed E-state index contributed by atoms with van der Waals surface area (Å²) in [6, 6.07) is 7.03.